The lowest BCUT2D eigenvalue weighted by Gasteiger charge is -2.10. The Kier molecular flexibility index (Phi) is 13.0. The molecule has 3 rings (SSSR count). The fourth-order valence-electron chi connectivity index (χ4n) is 4.32. The van der Waals surface area contributed by atoms with E-state index in [1.54, 1.807) is 0 Å². The molecule has 4 nitrogen and oxygen atoms in total. The largest absolute Gasteiger partial charge is 0.494 e. The van der Waals surface area contributed by atoms with Crippen molar-refractivity contribution in [3.8, 4) is 34.0 Å². The molecule has 1 atom stereocenters. The van der Waals surface area contributed by atoms with Gasteiger partial charge in [0.15, 0.2) is 5.82 Å². The lowest BCUT2D eigenvalue weighted by molar-refractivity contribution is 0.294. The van der Waals surface area contributed by atoms with Crippen molar-refractivity contribution >= 4 is 0 Å². The van der Waals surface area contributed by atoms with Crippen molar-refractivity contribution < 1.29 is 9.47 Å². The van der Waals surface area contributed by atoms with Crippen LogP contribution >= 0.6 is 0 Å². The Bertz CT molecular complexity index is 984. The van der Waals surface area contributed by atoms with Gasteiger partial charge in [-0.05, 0) is 67.1 Å². The molecule has 0 aliphatic rings. The van der Waals surface area contributed by atoms with Crippen LogP contribution in [0.3, 0.4) is 0 Å². The molecule has 0 saturated carbocycles. The van der Waals surface area contributed by atoms with Gasteiger partial charge in [0.05, 0.1) is 13.2 Å². The van der Waals surface area contributed by atoms with E-state index in [1.807, 2.05) is 48.8 Å². The zero-order valence-electron chi connectivity index (χ0n) is 23.3. The molecule has 2 aromatic carbocycles. The first kappa shape index (κ1) is 28.7. The van der Waals surface area contributed by atoms with Gasteiger partial charge in [0.1, 0.15) is 11.5 Å². The predicted molar refractivity (Wildman–Crippen MR) is 155 cm³/mol. The van der Waals surface area contributed by atoms with Crippen molar-refractivity contribution in [2.75, 3.05) is 13.2 Å². The number of hydrogen-bond acceptors (Lipinski definition) is 4. The van der Waals surface area contributed by atoms with E-state index in [4.69, 9.17) is 9.47 Å². The van der Waals surface area contributed by atoms with Gasteiger partial charge in [-0.25, -0.2) is 9.97 Å². The van der Waals surface area contributed by atoms with Gasteiger partial charge in [0.25, 0.3) is 0 Å². The Morgan fingerprint density at radius 2 is 1.11 bits per heavy atom. The first-order chi connectivity index (χ1) is 18.2. The highest BCUT2D eigenvalue weighted by atomic mass is 16.5. The Morgan fingerprint density at radius 3 is 1.68 bits per heavy atom. The van der Waals surface area contributed by atoms with E-state index in [0.717, 1.165) is 66.0 Å². The summed E-state index contributed by atoms with van der Waals surface area (Å²) in [5.41, 5.74) is 3.08. The maximum Gasteiger partial charge on any atom is 0.159 e. The maximum absolute atomic E-state index is 5.93. The molecular weight excluding hydrogens is 456 g/mol. The standard InChI is InChI=1S/C33H46N2O2/c1-4-6-7-8-9-10-11-12-23-36-31-19-15-28(16-20-31)30-25-34-33(35-26-30)29-17-21-32(22-18-29)37-24-13-14-27(3)5-2/h15-22,25-27H,4-14,23-24H2,1-3H3. The molecule has 0 N–H and O–H groups in total. The Labute approximate surface area is 224 Å². The highest BCUT2D eigenvalue weighted by molar-refractivity contribution is 5.64. The predicted octanol–water partition coefficient (Wildman–Crippen LogP) is 9.54. The zero-order chi connectivity index (χ0) is 26.1. The van der Waals surface area contributed by atoms with Crippen LogP contribution in [0.2, 0.25) is 0 Å². The van der Waals surface area contributed by atoms with Gasteiger partial charge in [0.2, 0.25) is 0 Å². The first-order valence-electron chi connectivity index (χ1n) is 14.5. The fraction of sp³-hybridized carbons (Fsp3) is 0.515. The van der Waals surface area contributed by atoms with Crippen LogP contribution in [-0.2, 0) is 0 Å². The summed E-state index contributed by atoms with van der Waals surface area (Å²) in [7, 11) is 0. The highest BCUT2D eigenvalue weighted by Gasteiger charge is 2.05. The van der Waals surface area contributed by atoms with Crippen molar-refractivity contribution in [3.05, 3.63) is 60.9 Å². The van der Waals surface area contributed by atoms with Crippen LogP contribution in [0.15, 0.2) is 60.9 Å². The number of ether oxygens (including phenoxy) is 2. The summed E-state index contributed by atoms with van der Waals surface area (Å²) in [5.74, 6) is 3.31. The number of nitrogens with zero attached hydrogens (tertiary/aromatic N) is 2. The quantitative estimate of drug-likeness (QED) is 0.162. The molecule has 37 heavy (non-hydrogen) atoms. The molecule has 3 aromatic rings. The van der Waals surface area contributed by atoms with E-state index in [9.17, 15) is 0 Å². The highest BCUT2D eigenvalue weighted by Crippen LogP contribution is 2.24. The molecule has 0 aliphatic heterocycles. The molecule has 1 unspecified atom stereocenters. The summed E-state index contributed by atoms with van der Waals surface area (Å²) in [5, 5.41) is 0. The smallest absolute Gasteiger partial charge is 0.159 e. The van der Waals surface area contributed by atoms with Crippen molar-refractivity contribution in [2.45, 2.75) is 91.4 Å². The molecule has 1 heterocycles. The minimum absolute atomic E-state index is 0.720. The summed E-state index contributed by atoms with van der Waals surface area (Å²) < 4.78 is 11.8. The molecule has 0 radical (unpaired) electrons. The molecule has 0 aliphatic carbocycles. The van der Waals surface area contributed by atoms with E-state index >= 15 is 0 Å². The Morgan fingerprint density at radius 1 is 0.595 bits per heavy atom. The first-order valence-corrected chi connectivity index (χ1v) is 14.5. The zero-order valence-corrected chi connectivity index (χ0v) is 23.3. The number of hydrogen-bond donors (Lipinski definition) is 0. The molecule has 200 valence electrons. The van der Waals surface area contributed by atoms with E-state index in [0.29, 0.717) is 0 Å². The molecule has 0 bridgehead atoms. The number of unbranched alkanes of at least 4 members (excludes halogenated alkanes) is 7. The molecule has 1 aromatic heterocycles. The average molecular weight is 503 g/mol. The summed E-state index contributed by atoms with van der Waals surface area (Å²) in [6, 6.07) is 16.3. The van der Waals surface area contributed by atoms with Gasteiger partial charge in [-0.3, -0.25) is 0 Å². The van der Waals surface area contributed by atoms with Crippen LogP contribution in [0.1, 0.15) is 91.4 Å². The third-order valence-corrected chi connectivity index (χ3v) is 7.03. The van der Waals surface area contributed by atoms with Crippen LogP contribution in [0, 0.1) is 5.92 Å². The van der Waals surface area contributed by atoms with Crippen molar-refractivity contribution in [1.82, 2.24) is 9.97 Å². The average Bonchev–Trinajstić information content (AvgIpc) is 2.95. The van der Waals surface area contributed by atoms with Gasteiger partial charge < -0.3 is 9.47 Å². The number of benzene rings is 2. The van der Waals surface area contributed by atoms with Gasteiger partial charge in [0, 0.05) is 23.5 Å². The Balaban J connectivity index is 1.40. The van der Waals surface area contributed by atoms with Crippen LogP contribution < -0.4 is 9.47 Å². The molecular formula is C33H46N2O2. The number of aromatic nitrogens is 2. The van der Waals surface area contributed by atoms with Crippen molar-refractivity contribution in [3.63, 3.8) is 0 Å². The molecule has 0 amide bonds. The fourth-order valence-corrected chi connectivity index (χ4v) is 4.32. The molecule has 0 fully saturated rings. The lowest BCUT2D eigenvalue weighted by Crippen LogP contribution is -2.00. The summed E-state index contributed by atoms with van der Waals surface area (Å²) in [6.45, 7) is 8.35. The van der Waals surface area contributed by atoms with Crippen LogP contribution in [0.4, 0.5) is 0 Å². The van der Waals surface area contributed by atoms with Gasteiger partial charge >= 0.3 is 0 Å². The van der Waals surface area contributed by atoms with Crippen LogP contribution in [0.25, 0.3) is 22.5 Å². The molecule has 0 spiro atoms. The second-order valence-electron chi connectivity index (χ2n) is 10.2. The minimum Gasteiger partial charge on any atom is -0.494 e. The van der Waals surface area contributed by atoms with Gasteiger partial charge in [-0.1, -0.05) is 84.3 Å². The van der Waals surface area contributed by atoms with E-state index in [2.05, 4.69) is 42.9 Å². The minimum atomic E-state index is 0.720. The van der Waals surface area contributed by atoms with Gasteiger partial charge in [-0.2, -0.15) is 0 Å². The second kappa shape index (κ2) is 16.8. The Hall–Kier alpha value is -2.88. The van der Waals surface area contributed by atoms with Crippen LogP contribution in [-0.4, -0.2) is 23.2 Å². The summed E-state index contributed by atoms with van der Waals surface area (Å²) in [6.07, 6.45) is 17.8. The topological polar surface area (TPSA) is 44.2 Å². The summed E-state index contributed by atoms with van der Waals surface area (Å²) in [4.78, 5) is 9.20. The van der Waals surface area contributed by atoms with E-state index in [1.165, 1.54) is 57.8 Å². The third-order valence-electron chi connectivity index (χ3n) is 7.03. The third kappa shape index (κ3) is 10.6. The second-order valence-corrected chi connectivity index (χ2v) is 10.2. The normalized spacial score (nSPS) is 11.9. The molecule has 0 saturated heterocycles. The van der Waals surface area contributed by atoms with Crippen LogP contribution in [0.5, 0.6) is 11.5 Å². The van der Waals surface area contributed by atoms with E-state index in [-0.39, 0.29) is 0 Å². The monoisotopic (exact) mass is 502 g/mol. The van der Waals surface area contributed by atoms with Gasteiger partial charge in [-0.15, -0.1) is 0 Å². The summed E-state index contributed by atoms with van der Waals surface area (Å²) >= 11 is 0. The van der Waals surface area contributed by atoms with Crippen molar-refractivity contribution in [2.24, 2.45) is 5.92 Å². The SMILES string of the molecule is CCCCCCCCCCOc1ccc(-c2cnc(-c3ccc(OCCCC(C)CC)cc3)nc2)cc1. The number of rotatable bonds is 18. The molecule has 4 heteroatoms. The maximum atomic E-state index is 5.93. The van der Waals surface area contributed by atoms with E-state index < -0.39 is 0 Å². The lowest BCUT2D eigenvalue weighted by atomic mass is 10.0. The van der Waals surface area contributed by atoms with Crippen molar-refractivity contribution in [1.29, 1.82) is 0 Å².